The van der Waals surface area contributed by atoms with Crippen LogP contribution in [0.5, 0.6) is 0 Å². The third kappa shape index (κ3) is 3.16. The summed E-state index contributed by atoms with van der Waals surface area (Å²) in [5, 5.41) is 14.8. The molecule has 21 heavy (non-hydrogen) atoms. The molecule has 0 aromatic heterocycles. The molecule has 0 aliphatic carbocycles. The number of benzene rings is 1. The summed E-state index contributed by atoms with van der Waals surface area (Å²) in [4.78, 5) is 12.4. The van der Waals surface area contributed by atoms with Gasteiger partial charge < -0.3 is 21.0 Å². The van der Waals surface area contributed by atoms with Gasteiger partial charge in [0.05, 0.1) is 17.7 Å². The molecular weight excluding hydrogens is 270 g/mol. The minimum absolute atomic E-state index is 0.0156. The molecule has 1 heterocycles. The largest absolute Gasteiger partial charge is 0.409 e. The highest BCUT2D eigenvalue weighted by atomic mass is 16.5. The first-order valence-corrected chi connectivity index (χ1v) is 7.08. The smallest absolute Gasteiger partial charge is 0.230 e. The van der Waals surface area contributed by atoms with Crippen LogP contribution < -0.4 is 11.1 Å². The maximum atomic E-state index is 12.4. The number of amides is 1. The third-order valence-corrected chi connectivity index (χ3v) is 3.84. The van der Waals surface area contributed by atoms with Crippen LogP contribution in [0.4, 0.5) is 5.69 Å². The number of rotatable bonds is 4. The molecule has 1 aliphatic rings. The Morgan fingerprint density at radius 1 is 1.57 bits per heavy atom. The summed E-state index contributed by atoms with van der Waals surface area (Å²) in [6.45, 7) is 4.46. The van der Waals surface area contributed by atoms with Gasteiger partial charge >= 0.3 is 0 Å². The zero-order chi connectivity index (χ0) is 15.4. The van der Waals surface area contributed by atoms with E-state index in [9.17, 15) is 4.79 Å². The molecule has 2 atom stereocenters. The number of aryl methyl sites for hydroxylation is 1. The van der Waals surface area contributed by atoms with Crippen LogP contribution in [0.2, 0.25) is 0 Å². The summed E-state index contributed by atoms with van der Waals surface area (Å²) >= 11 is 0. The van der Waals surface area contributed by atoms with Crippen molar-refractivity contribution in [1.82, 2.24) is 0 Å². The fraction of sp³-hybridized carbons (Fsp3) is 0.467. The molecule has 1 aromatic carbocycles. The van der Waals surface area contributed by atoms with Crippen molar-refractivity contribution in [2.24, 2.45) is 16.8 Å². The molecule has 1 aromatic rings. The molecular formula is C15H21N3O3. The van der Waals surface area contributed by atoms with Gasteiger partial charge in [-0.1, -0.05) is 24.2 Å². The predicted molar refractivity (Wildman–Crippen MR) is 80.5 cm³/mol. The fourth-order valence-electron chi connectivity index (χ4n) is 2.74. The zero-order valence-electron chi connectivity index (χ0n) is 12.3. The van der Waals surface area contributed by atoms with Crippen LogP contribution in [-0.2, 0) is 9.53 Å². The summed E-state index contributed by atoms with van der Waals surface area (Å²) in [7, 11) is 0. The highest BCUT2D eigenvalue weighted by molar-refractivity contribution is 6.07. The lowest BCUT2D eigenvalue weighted by Crippen LogP contribution is -2.30. The Morgan fingerprint density at radius 3 is 3.00 bits per heavy atom. The van der Waals surface area contributed by atoms with Gasteiger partial charge in [0.15, 0.2) is 5.84 Å². The highest BCUT2D eigenvalue weighted by Crippen LogP contribution is 2.26. The second-order valence-electron chi connectivity index (χ2n) is 5.18. The number of hydrogen-bond donors (Lipinski definition) is 3. The molecule has 114 valence electrons. The molecule has 0 radical (unpaired) electrons. The molecule has 1 fully saturated rings. The number of nitrogens with two attached hydrogens (primary N) is 1. The molecule has 0 bridgehead atoms. The van der Waals surface area contributed by atoms with Crippen LogP contribution in [0.3, 0.4) is 0 Å². The van der Waals surface area contributed by atoms with Gasteiger partial charge in [-0.15, -0.1) is 0 Å². The van der Waals surface area contributed by atoms with Crippen LogP contribution in [-0.4, -0.2) is 29.7 Å². The van der Waals surface area contributed by atoms with E-state index in [4.69, 9.17) is 15.7 Å². The zero-order valence-corrected chi connectivity index (χ0v) is 12.3. The van der Waals surface area contributed by atoms with Crippen molar-refractivity contribution in [2.45, 2.75) is 32.8 Å². The monoisotopic (exact) mass is 291 g/mol. The predicted octanol–water partition coefficient (Wildman–Crippen LogP) is 1.84. The molecule has 2 unspecified atom stereocenters. The Kier molecular flexibility index (Phi) is 4.80. The van der Waals surface area contributed by atoms with E-state index < -0.39 is 0 Å². The van der Waals surface area contributed by atoms with Gasteiger partial charge in [-0.25, -0.2) is 0 Å². The lowest BCUT2D eigenvalue weighted by Gasteiger charge is -2.18. The van der Waals surface area contributed by atoms with E-state index >= 15 is 0 Å². The van der Waals surface area contributed by atoms with Crippen molar-refractivity contribution in [1.29, 1.82) is 0 Å². The number of carbonyl (C=O) groups excluding carboxylic acids is 1. The Labute approximate surface area is 124 Å². The average Bonchev–Trinajstić information content (AvgIpc) is 2.95. The summed E-state index contributed by atoms with van der Waals surface area (Å²) < 4.78 is 5.55. The van der Waals surface area contributed by atoms with Crippen molar-refractivity contribution < 1.29 is 14.7 Å². The van der Waals surface area contributed by atoms with Crippen molar-refractivity contribution in [3.8, 4) is 0 Å². The lowest BCUT2D eigenvalue weighted by molar-refractivity contribution is -0.121. The van der Waals surface area contributed by atoms with E-state index in [0.717, 1.165) is 18.4 Å². The van der Waals surface area contributed by atoms with Crippen molar-refractivity contribution in [3.63, 3.8) is 0 Å². The maximum Gasteiger partial charge on any atom is 0.230 e. The average molecular weight is 291 g/mol. The molecule has 1 saturated heterocycles. The van der Waals surface area contributed by atoms with E-state index in [1.165, 1.54) is 0 Å². The number of carbonyl (C=O) groups is 1. The summed E-state index contributed by atoms with van der Waals surface area (Å²) in [5.74, 6) is -0.259. The van der Waals surface area contributed by atoms with Crippen LogP contribution in [0.25, 0.3) is 0 Å². The van der Waals surface area contributed by atoms with Gasteiger partial charge in [-0.2, -0.15) is 0 Å². The number of nitrogens with one attached hydrogen (secondary N) is 1. The number of oxime groups is 1. The quantitative estimate of drug-likeness (QED) is 0.341. The minimum atomic E-state index is -0.157. The van der Waals surface area contributed by atoms with E-state index in [2.05, 4.69) is 10.5 Å². The van der Waals surface area contributed by atoms with Gasteiger partial charge in [0, 0.05) is 12.2 Å². The normalized spacial score (nSPS) is 22.3. The van der Waals surface area contributed by atoms with Crippen molar-refractivity contribution in [2.75, 3.05) is 11.9 Å². The molecule has 1 amide bonds. The Morgan fingerprint density at radius 2 is 2.33 bits per heavy atom. The van der Waals surface area contributed by atoms with Crippen molar-refractivity contribution >= 4 is 17.4 Å². The number of nitrogens with zero attached hydrogens (tertiary/aromatic N) is 1. The van der Waals surface area contributed by atoms with Crippen molar-refractivity contribution in [3.05, 3.63) is 29.3 Å². The maximum absolute atomic E-state index is 12.4. The first-order valence-electron chi connectivity index (χ1n) is 7.08. The SMILES string of the molecule is CCC1OCCC1C(=O)Nc1cccc(C)c1/C(N)=N/O. The lowest BCUT2D eigenvalue weighted by atomic mass is 9.98. The second-order valence-corrected chi connectivity index (χ2v) is 5.18. The van der Waals surface area contributed by atoms with Gasteiger partial charge in [-0.3, -0.25) is 4.79 Å². The van der Waals surface area contributed by atoms with E-state index in [1.807, 2.05) is 26.0 Å². The molecule has 6 heteroatoms. The minimum Gasteiger partial charge on any atom is -0.409 e. The second kappa shape index (κ2) is 6.58. The Bertz CT molecular complexity index is 557. The van der Waals surface area contributed by atoms with Gasteiger partial charge in [0.1, 0.15) is 0 Å². The van der Waals surface area contributed by atoms with Crippen LogP contribution in [0, 0.1) is 12.8 Å². The number of ether oxygens (including phenoxy) is 1. The Balaban J connectivity index is 2.24. The molecule has 2 rings (SSSR count). The van der Waals surface area contributed by atoms with Gasteiger partial charge in [-0.05, 0) is 31.4 Å². The molecule has 4 N–H and O–H groups in total. The Hall–Kier alpha value is -2.08. The molecule has 0 saturated carbocycles. The molecule has 0 spiro atoms. The summed E-state index contributed by atoms with van der Waals surface area (Å²) in [6.07, 6.45) is 1.48. The standard InChI is InChI=1S/C15H21N3O3/c1-3-12-10(7-8-21-12)15(19)17-11-6-4-5-9(2)13(11)14(16)18-20/h4-6,10,12,20H,3,7-8H2,1-2H3,(H2,16,18)(H,17,19). The molecule has 1 aliphatic heterocycles. The van der Waals surface area contributed by atoms with E-state index in [0.29, 0.717) is 17.9 Å². The third-order valence-electron chi connectivity index (χ3n) is 3.84. The highest BCUT2D eigenvalue weighted by Gasteiger charge is 2.33. The summed E-state index contributed by atoms with van der Waals surface area (Å²) in [6, 6.07) is 5.41. The number of amidine groups is 1. The fourth-order valence-corrected chi connectivity index (χ4v) is 2.74. The first kappa shape index (κ1) is 15.3. The van der Waals surface area contributed by atoms with E-state index in [-0.39, 0.29) is 23.8 Å². The van der Waals surface area contributed by atoms with Crippen LogP contribution >= 0.6 is 0 Å². The first-order chi connectivity index (χ1) is 10.1. The van der Waals surface area contributed by atoms with Crippen LogP contribution in [0.1, 0.15) is 30.9 Å². The topological polar surface area (TPSA) is 96.9 Å². The molecule has 6 nitrogen and oxygen atoms in total. The van der Waals surface area contributed by atoms with Gasteiger partial charge in [0.2, 0.25) is 5.91 Å². The van der Waals surface area contributed by atoms with E-state index in [1.54, 1.807) is 6.07 Å². The summed E-state index contributed by atoms with van der Waals surface area (Å²) in [5.41, 5.74) is 7.63. The number of hydrogen-bond acceptors (Lipinski definition) is 4. The van der Waals surface area contributed by atoms with Gasteiger partial charge in [0.25, 0.3) is 0 Å². The number of anilines is 1. The van der Waals surface area contributed by atoms with Crippen LogP contribution in [0.15, 0.2) is 23.4 Å².